The van der Waals surface area contributed by atoms with Crippen molar-refractivity contribution in [3.63, 3.8) is 0 Å². The topological polar surface area (TPSA) is 61.6 Å². The third-order valence-corrected chi connectivity index (χ3v) is 1.01. The lowest BCUT2D eigenvalue weighted by Crippen LogP contribution is -2.06. The summed E-state index contributed by atoms with van der Waals surface area (Å²) in [6, 6.07) is 0. The van der Waals surface area contributed by atoms with Gasteiger partial charge in [-0.25, -0.2) is 0 Å². The minimum absolute atomic E-state index is 0.0648. The van der Waals surface area contributed by atoms with Crippen LogP contribution in [0.2, 0.25) is 0 Å². The van der Waals surface area contributed by atoms with E-state index in [4.69, 9.17) is 0 Å². The Bertz CT molecular complexity index is 91.7. The van der Waals surface area contributed by atoms with Crippen molar-refractivity contribution >= 4 is 5.91 Å². The number of ether oxygens (including phenoxy) is 2. The molecule has 0 aliphatic heterocycles. The van der Waals surface area contributed by atoms with Gasteiger partial charge in [0.15, 0.2) is 6.29 Å². The largest absolute Gasteiger partial charge is 0.370 e. The molecule has 0 aliphatic carbocycles. The molecule has 0 spiro atoms. The van der Waals surface area contributed by atoms with Crippen molar-refractivity contribution in [2.75, 3.05) is 14.2 Å². The van der Waals surface area contributed by atoms with Crippen LogP contribution in [-0.4, -0.2) is 26.4 Å². The average molecular weight is 163 g/mol. The zero-order valence-electron chi connectivity index (χ0n) is 7.59. The van der Waals surface area contributed by atoms with Crippen LogP contribution in [0.15, 0.2) is 0 Å². The van der Waals surface area contributed by atoms with Crippen LogP contribution in [0.5, 0.6) is 0 Å². The number of amides is 1. The lowest BCUT2D eigenvalue weighted by Gasteiger charge is -2.03. The van der Waals surface area contributed by atoms with Crippen LogP contribution in [0.3, 0.4) is 0 Å². The van der Waals surface area contributed by atoms with Crippen molar-refractivity contribution in [2.24, 2.45) is 5.73 Å². The molecule has 0 aromatic heterocycles. The van der Waals surface area contributed by atoms with Crippen LogP contribution in [0, 0.1) is 0 Å². The first-order chi connectivity index (χ1) is 5.08. The maximum atomic E-state index is 9.59. The quantitative estimate of drug-likeness (QED) is 0.616. The van der Waals surface area contributed by atoms with E-state index in [0.29, 0.717) is 6.42 Å². The van der Waals surface area contributed by atoms with Gasteiger partial charge >= 0.3 is 0 Å². The second kappa shape index (κ2) is 9.39. The summed E-state index contributed by atoms with van der Waals surface area (Å²) in [5.74, 6) is -0.245. The van der Waals surface area contributed by atoms with Gasteiger partial charge in [0.25, 0.3) is 0 Å². The monoisotopic (exact) mass is 163 g/mol. The molecule has 0 aliphatic rings. The van der Waals surface area contributed by atoms with E-state index < -0.39 is 0 Å². The molecule has 0 saturated carbocycles. The molecule has 0 unspecified atom stereocenters. The number of hydrogen-bond acceptors (Lipinski definition) is 3. The number of methoxy groups -OCH3 is 2. The Morgan fingerprint density at radius 1 is 1.45 bits per heavy atom. The number of rotatable bonds is 3. The van der Waals surface area contributed by atoms with Crippen LogP contribution in [-0.2, 0) is 14.3 Å². The van der Waals surface area contributed by atoms with E-state index in [9.17, 15) is 4.79 Å². The van der Waals surface area contributed by atoms with Crippen LogP contribution in [0.4, 0.5) is 0 Å². The summed E-state index contributed by atoms with van der Waals surface area (Å²) in [4.78, 5) is 9.59. The summed E-state index contributed by atoms with van der Waals surface area (Å²) < 4.78 is 9.35. The molecule has 4 heteroatoms. The average Bonchev–Trinajstić information content (AvgIpc) is 2.04. The van der Waals surface area contributed by atoms with Crippen LogP contribution in [0.1, 0.15) is 20.3 Å². The van der Waals surface area contributed by atoms with Crippen LogP contribution in [0.25, 0.3) is 0 Å². The molecule has 2 N–H and O–H groups in total. The van der Waals surface area contributed by atoms with Gasteiger partial charge in [-0.3, -0.25) is 4.79 Å². The van der Waals surface area contributed by atoms with E-state index in [-0.39, 0.29) is 12.2 Å². The Morgan fingerprint density at radius 2 is 1.73 bits per heavy atom. The molecule has 0 aromatic rings. The SMILES string of the molecule is CCC(N)=O.COC(C)OC. The van der Waals surface area contributed by atoms with Gasteiger partial charge in [0.1, 0.15) is 0 Å². The molecular weight excluding hydrogens is 146 g/mol. The Hall–Kier alpha value is -0.610. The Kier molecular flexibility index (Phi) is 11.1. The molecule has 4 nitrogen and oxygen atoms in total. The molecule has 0 radical (unpaired) electrons. The van der Waals surface area contributed by atoms with Crippen molar-refractivity contribution < 1.29 is 14.3 Å². The Balaban J connectivity index is 0. The predicted molar refractivity (Wildman–Crippen MR) is 43.0 cm³/mol. The maximum Gasteiger partial charge on any atom is 0.217 e. The Labute approximate surface area is 67.7 Å². The van der Waals surface area contributed by atoms with E-state index >= 15 is 0 Å². The summed E-state index contributed by atoms with van der Waals surface area (Å²) >= 11 is 0. The second-order valence-corrected chi connectivity index (χ2v) is 1.86. The fourth-order valence-electron chi connectivity index (χ4n) is 0.0962. The van der Waals surface area contributed by atoms with E-state index in [1.165, 1.54) is 0 Å². The molecule has 0 aromatic carbocycles. The van der Waals surface area contributed by atoms with E-state index in [0.717, 1.165) is 0 Å². The third kappa shape index (κ3) is 17.7. The third-order valence-electron chi connectivity index (χ3n) is 1.01. The normalized spacial score (nSPS) is 8.82. The van der Waals surface area contributed by atoms with Crippen LogP contribution >= 0.6 is 0 Å². The van der Waals surface area contributed by atoms with Crippen molar-refractivity contribution in [2.45, 2.75) is 26.6 Å². The fraction of sp³-hybridized carbons (Fsp3) is 0.857. The first kappa shape index (κ1) is 13.0. The smallest absolute Gasteiger partial charge is 0.217 e. The molecule has 1 amide bonds. The van der Waals surface area contributed by atoms with Gasteiger partial charge < -0.3 is 15.2 Å². The highest BCUT2D eigenvalue weighted by molar-refractivity contribution is 5.73. The van der Waals surface area contributed by atoms with E-state index in [1.807, 2.05) is 6.92 Å². The van der Waals surface area contributed by atoms with Crippen molar-refractivity contribution in [1.29, 1.82) is 0 Å². The molecule has 0 heterocycles. The van der Waals surface area contributed by atoms with Gasteiger partial charge in [-0.15, -0.1) is 0 Å². The van der Waals surface area contributed by atoms with E-state index in [2.05, 4.69) is 15.2 Å². The molecule has 11 heavy (non-hydrogen) atoms. The molecule has 0 atom stereocenters. The predicted octanol–water partition coefficient (Wildman–Crippen LogP) is 0.507. The van der Waals surface area contributed by atoms with Crippen molar-refractivity contribution in [1.82, 2.24) is 0 Å². The van der Waals surface area contributed by atoms with Crippen LogP contribution < -0.4 is 5.73 Å². The summed E-state index contributed by atoms with van der Waals surface area (Å²) in [5, 5.41) is 0. The summed E-state index contributed by atoms with van der Waals surface area (Å²) in [5.41, 5.74) is 4.65. The molecule has 0 rings (SSSR count). The molecular formula is C7H17NO3. The highest BCUT2D eigenvalue weighted by Crippen LogP contribution is 1.82. The summed E-state index contributed by atoms with van der Waals surface area (Å²) in [6.07, 6.45) is 0.380. The molecule has 0 bridgehead atoms. The molecule has 0 saturated heterocycles. The number of primary amides is 1. The Morgan fingerprint density at radius 3 is 1.73 bits per heavy atom. The molecule has 0 fully saturated rings. The lowest BCUT2D eigenvalue weighted by atomic mass is 10.5. The molecule has 68 valence electrons. The summed E-state index contributed by atoms with van der Waals surface area (Å²) in [6.45, 7) is 3.56. The zero-order valence-corrected chi connectivity index (χ0v) is 7.59. The number of carbonyl (C=O) groups excluding carboxylic acids is 1. The number of carbonyl (C=O) groups is 1. The highest BCUT2D eigenvalue weighted by atomic mass is 16.7. The second-order valence-electron chi connectivity index (χ2n) is 1.86. The van der Waals surface area contributed by atoms with E-state index in [1.54, 1.807) is 21.1 Å². The van der Waals surface area contributed by atoms with Gasteiger partial charge in [-0.1, -0.05) is 6.92 Å². The maximum absolute atomic E-state index is 9.59. The first-order valence-electron chi connectivity index (χ1n) is 3.42. The van der Waals surface area contributed by atoms with Gasteiger partial charge in [0.05, 0.1) is 0 Å². The van der Waals surface area contributed by atoms with Crippen molar-refractivity contribution in [3.8, 4) is 0 Å². The van der Waals surface area contributed by atoms with Gasteiger partial charge in [0, 0.05) is 20.6 Å². The van der Waals surface area contributed by atoms with Gasteiger partial charge in [-0.2, -0.15) is 0 Å². The van der Waals surface area contributed by atoms with Crippen molar-refractivity contribution in [3.05, 3.63) is 0 Å². The first-order valence-corrected chi connectivity index (χ1v) is 3.42. The minimum atomic E-state index is -0.245. The fourth-order valence-corrected chi connectivity index (χ4v) is 0.0962. The minimum Gasteiger partial charge on any atom is -0.370 e. The lowest BCUT2D eigenvalue weighted by molar-refractivity contribution is -0.117. The highest BCUT2D eigenvalue weighted by Gasteiger charge is 1.87. The zero-order chi connectivity index (χ0) is 9.28. The van der Waals surface area contributed by atoms with Gasteiger partial charge in [-0.05, 0) is 6.92 Å². The standard InChI is InChI=1S/C4H10O2.C3H7NO/c1-4(5-2)6-3;1-2-3(4)5/h4H,1-3H3;2H2,1H3,(H2,4,5). The summed E-state index contributed by atoms with van der Waals surface area (Å²) in [7, 11) is 3.21. The van der Waals surface area contributed by atoms with Gasteiger partial charge in [0.2, 0.25) is 5.91 Å². The number of nitrogens with two attached hydrogens (primary N) is 1. The number of hydrogen-bond donors (Lipinski definition) is 1.